The number of rotatable bonds is 6. The van der Waals surface area contributed by atoms with Crippen molar-refractivity contribution >= 4 is 29.3 Å². The van der Waals surface area contributed by atoms with Crippen LogP contribution in [0.2, 0.25) is 0 Å². The molecular formula is C14H17NO3S. The summed E-state index contributed by atoms with van der Waals surface area (Å²) in [4.78, 5) is 23.6. The molecule has 0 spiro atoms. The number of hydrogen-bond acceptors (Lipinski definition) is 3. The number of hydrogen-bond donors (Lipinski definition) is 2. The molecule has 2 rings (SSSR count). The van der Waals surface area contributed by atoms with Crippen molar-refractivity contribution in [3.63, 3.8) is 0 Å². The molecule has 19 heavy (non-hydrogen) atoms. The van der Waals surface area contributed by atoms with Crippen LogP contribution in [0.4, 0.5) is 0 Å². The Labute approximate surface area is 116 Å². The minimum absolute atomic E-state index is 0.0701. The maximum atomic E-state index is 11.8. The molecule has 1 aliphatic rings. The third-order valence-electron chi connectivity index (χ3n) is 3.30. The molecule has 1 heterocycles. The molecule has 102 valence electrons. The molecule has 5 heteroatoms. The molecule has 1 fully saturated rings. The molecule has 1 aliphatic carbocycles. The molecule has 4 nitrogen and oxygen atoms in total. The van der Waals surface area contributed by atoms with Crippen molar-refractivity contribution in [2.45, 2.75) is 25.7 Å². The zero-order chi connectivity index (χ0) is 13.7. The molecule has 1 saturated carbocycles. The fraction of sp³-hybridized carbons (Fsp3) is 0.429. The zero-order valence-corrected chi connectivity index (χ0v) is 11.4. The summed E-state index contributed by atoms with van der Waals surface area (Å²) in [7, 11) is 0. The third-order valence-corrected chi connectivity index (χ3v) is 4.35. The molecule has 2 N–H and O–H groups in total. The average Bonchev–Trinajstić information content (AvgIpc) is 2.78. The predicted molar refractivity (Wildman–Crippen MR) is 75.3 cm³/mol. The lowest BCUT2D eigenvalue weighted by atomic mass is 9.83. The SMILES string of the molecule is O=C(O)/C=C/c1ccc(C(=O)NCCC2CCC2)s1. The summed E-state index contributed by atoms with van der Waals surface area (Å²) in [6.07, 6.45) is 7.53. The van der Waals surface area contributed by atoms with Crippen LogP contribution in [-0.4, -0.2) is 23.5 Å². The van der Waals surface area contributed by atoms with Gasteiger partial charge >= 0.3 is 5.97 Å². The van der Waals surface area contributed by atoms with E-state index in [2.05, 4.69) is 5.32 Å². The number of aliphatic carboxylic acids is 1. The summed E-state index contributed by atoms with van der Waals surface area (Å²) in [5.41, 5.74) is 0. The van der Waals surface area contributed by atoms with Gasteiger partial charge < -0.3 is 10.4 Å². The summed E-state index contributed by atoms with van der Waals surface area (Å²) in [5, 5.41) is 11.4. The Morgan fingerprint density at radius 3 is 2.84 bits per heavy atom. The fourth-order valence-corrected chi connectivity index (χ4v) is 2.80. The van der Waals surface area contributed by atoms with Gasteiger partial charge in [-0.05, 0) is 30.5 Å². The molecule has 0 unspecified atom stereocenters. The van der Waals surface area contributed by atoms with Crippen LogP contribution in [-0.2, 0) is 4.79 Å². The molecule has 0 radical (unpaired) electrons. The molecule has 1 aromatic heterocycles. The van der Waals surface area contributed by atoms with Crippen molar-refractivity contribution < 1.29 is 14.7 Å². The monoisotopic (exact) mass is 279 g/mol. The highest BCUT2D eigenvalue weighted by Gasteiger charge is 2.17. The molecule has 0 aliphatic heterocycles. The van der Waals surface area contributed by atoms with Gasteiger partial charge in [0.2, 0.25) is 0 Å². The fourth-order valence-electron chi connectivity index (χ4n) is 1.98. The van der Waals surface area contributed by atoms with Crippen molar-refractivity contribution in [1.29, 1.82) is 0 Å². The summed E-state index contributed by atoms with van der Waals surface area (Å²) in [6.45, 7) is 0.724. The largest absolute Gasteiger partial charge is 0.478 e. The summed E-state index contributed by atoms with van der Waals surface area (Å²) in [6, 6.07) is 3.48. The maximum Gasteiger partial charge on any atom is 0.328 e. The van der Waals surface area contributed by atoms with Gasteiger partial charge in [-0.25, -0.2) is 4.79 Å². The van der Waals surface area contributed by atoms with Crippen LogP contribution < -0.4 is 5.32 Å². The predicted octanol–water partition coefficient (Wildman–Crippen LogP) is 2.77. The van der Waals surface area contributed by atoms with Crippen molar-refractivity contribution in [2.75, 3.05) is 6.54 Å². The normalized spacial score (nSPS) is 15.4. The standard InChI is InChI=1S/C14H17NO3S/c16-13(17)7-5-11-4-6-12(19-11)14(18)15-9-8-10-2-1-3-10/h4-7,10H,1-3,8-9H2,(H,15,18)(H,16,17)/b7-5+. The van der Waals surface area contributed by atoms with Crippen LogP contribution >= 0.6 is 11.3 Å². The van der Waals surface area contributed by atoms with Crippen LogP contribution in [0.25, 0.3) is 6.08 Å². The second-order valence-electron chi connectivity index (χ2n) is 4.72. The first-order valence-electron chi connectivity index (χ1n) is 6.44. The molecular weight excluding hydrogens is 262 g/mol. The number of carboxylic acids is 1. The van der Waals surface area contributed by atoms with Gasteiger partial charge in [-0.3, -0.25) is 4.79 Å². The Hall–Kier alpha value is -1.62. The summed E-state index contributed by atoms with van der Waals surface area (Å²) < 4.78 is 0. The van der Waals surface area contributed by atoms with Gasteiger partial charge in [-0.15, -0.1) is 11.3 Å². The number of carbonyl (C=O) groups excluding carboxylic acids is 1. The quantitative estimate of drug-likeness (QED) is 0.787. The van der Waals surface area contributed by atoms with Crippen molar-refractivity contribution in [3.8, 4) is 0 Å². The van der Waals surface area contributed by atoms with E-state index in [1.54, 1.807) is 12.1 Å². The minimum atomic E-state index is -0.986. The molecule has 0 aromatic carbocycles. The van der Waals surface area contributed by atoms with Crippen LogP contribution in [0.5, 0.6) is 0 Å². The third kappa shape index (κ3) is 4.21. The van der Waals surface area contributed by atoms with E-state index in [1.165, 1.54) is 36.7 Å². The van der Waals surface area contributed by atoms with Crippen molar-refractivity contribution in [3.05, 3.63) is 28.0 Å². The molecule has 1 aromatic rings. The molecule has 0 bridgehead atoms. The van der Waals surface area contributed by atoms with E-state index in [0.29, 0.717) is 4.88 Å². The van der Waals surface area contributed by atoms with Crippen molar-refractivity contribution in [2.24, 2.45) is 5.92 Å². The first-order chi connectivity index (χ1) is 9.15. The smallest absolute Gasteiger partial charge is 0.328 e. The number of amides is 1. The van der Waals surface area contributed by atoms with E-state index in [0.717, 1.165) is 29.8 Å². The minimum Gasteiger partial charge on any atom is -0.478 e. The van der Waals surface area contributed by atoms with Crippen LogP contribution in [0, 0.1) is 5.92 Å². The van der Waals surface area contributed by atoms with Gasteiger partial charge in [0.1, 0.15) is 0 Å². The van der Waals surface area contributed by atoms with Crippen LogP contribution in [0.1, 0.15) is 40.2 Å². The Morgan fingerprint density at radius 1 is 1.42 bits per heavy atom. The van der Waals surface area contributed by atoms with Crippen LogP contribution in [0.15, 0.2) is 18.2 Å². The van der Waals surface area contributed by atoms with E-state index in [4.69, 9.17) is 5.11 Å². The molecule has 1 amide bonds. The Kier molecular flexibility index (Phi) is 4.74. The first kappa shape index (κ1) is 13.8. The number of carbonyl (C=O) groups is 2. The summed E-state index contributed by atoms with van der Waals surface area (Å²) >= 11 is 1.30. The second kappa shape index (κ2) is 6.52. The second-order valence-corrected chi connectivity index (χ2v) is 5.83. The first-order valence-corrected chi connectivity index (χ1v) is 7.26. The van der Waals surface area contributed by atoms with Gasteiger partial charge in [-0.2, -0.15) is 0 Å². The number of nitrogens with one attached hydrogen (secondary N) is 1. The van der Waals surface area contributed by atoms with Gasteiger partial charge in [0, 0.05) is 17.5 Å². The van der Waals surface area contributed by atoms with E-state index in [1.807, 2.05) is 0 Å². The Bertz CT molecular complexity index is 489. The van der Waals surface area contributed by atoms with Gasteiger partial charge in [0.05, 0.1) is 4.88 Å². The molecule has 0 saturated heterocycles. The van der Waals surface area contributed by atoms with Gasteiger partial charge in [0.25, 0.3) is 5.91 Å². The van der Waals surface area contributed by atoms with Gasteiger partial charge in [0.15, 0.2) is 0 Å². The number of carboxylic acid groups (broad SMARTS) is 1. The molecule has 0 atom stereocenters. The number of thiophene rings is 1. The lowest BCUT2D eigenvalue weighted by molar-refractivity contribution is -0.131. The van der Waals surface area contributed by atoms with Crippen LogP contribution in [0.3, 0.4) is 0 Å². The highest BCUT2D eigenvalue weighted by molar-refractivity contribution is 7.14. The summed E-state index contributed by atoms with van der Waals surface area (Å²) in [5.74, 6) is -0.267. The van der Waals surface area contributed by atoms with E-state index < -0.39 is 5.97 Å². The lowest BCUT2D eigenvalue weighted by Crippen LogP contribution is -2.26. The zero-order valence-electron chi connectivity index (χ0n) is 10.6. The maximum absolute atomic E-state index is 11.8. The highest BCUT2D eigenvalue weighted by atomic mass is 32.1. The van der Waals surface area contributed by atoms with Gasteiger partial charge in [-0.1, -0.05) is 19.3 Å². The van der Waals surface area contributed by atoms with Crippen molar-refractivity contribution in [1.82, 2.24) is 5.32 Å². The van der Waals surface area contributed by atoms with E-state index in [-0.39, 0.29) is 5.91 Å². The lowest BCUT2D eigenvalue weighted by Gasteiger charge is -2.25. The van der Waals surface area contributed by atoms with E-state index in [9.17, 15) is 9.59 Å². The average molecular weight is 279 g/mol. The Balaban J connectivity index is 1.79. The van der Waals surface area contributed by atoms with E-state index >= 15 is 0 Å². The topological polar surface area (TPSA) is 66.4 Å². The Morgan fingerprint density at radius 2 is 2.21 bits per heavy atom. The highest BCUT2D eigenvalue weighted by Crippen LogP contribution is 2.28.